The summed E-state index contributed by atoms with van der Waals surface area (Å²) >= 11 is 0. The van der Waals surface area contributed by atoms with Crippen molar-refractivity contribution in [2.75, 3.05) is 0 Å². The number of carbonyl (C=O) groups is 1. The van der Waals surface area contributed by atoms with E-state index in [1.54, 1.807) is 12.1 Å². The fourth-order valence-corrected chi connectivity index (χ4v) is 1.71. The van der Waals surface area contributed by atoms with Crippen LogP contribution in [-0.4, -0.2) is 16.9 Å². The molecule has 0 radical (unpaired) electrons. The highest BCUT2D eigenvalue weighted by molar-refractivity contribution is 5.80. The Labute approximate surface area is 124 Å². The minimum Gasteiger partial charge on any atom is -0.474 e. The number of halogens is 1. The molecule has 116 valence electrons. The van der Waals surface area contributed by atoms with Gasteiger partial charge >= 0.3 is 5.69 Å². The number of nitro benzene ring substituents is 1. The van der Waals surface area contributed by atoms with E-state index >= 15 is 0 Å². The smallest absolute Gasteiger partial charge is 0.311 e. The Kier molecular flexibility index (Phi) is 4.72. The van der Waals surface area contributed by atoms with Crippen molar-refractivity contribution < 1.29 is 23.3 Å². The van der Waals surface area contributed by atoms with Crippen LogP contribution in [0.1, 0.15) is 12.7 Å². The fraction of sp³-hybridized carbons (Fsp3) is 0.214. The number of nitro groups is 1. The van der Waals surface area contributed by atoms with Gasteiger partial charge in [0.05, 0.1) is 17.7 Å². The minimum absolute atomic E-state index is 0.158. The zero-order chi connectivity index (χ0) is 16.1. The van der Waals surface area contributed by atoms with Crippen LogP contribution >= 0.6 is 0 Å². The second-order valence-electron chi connectivity index (χ2n) is 4.43. The van der Waals surface area contributed by atoms with Crippen LogP contribution in [0.25, 0.3) is 0 Å². The van der Waals surface area contributed by atoms with Gasteiger partial charge in [-0.3, -0.25) is 14.9 Å². The Morgan fingerprint density at radius 2 is 2.27 bits per heavy atom. The summed E-state index contributed by atoms with van der Waals surface area (Å²) in [6.07, 6.45) is 0.438. The van der Waals surface area contributed by atoms with Gasteiger partial charge in [0.2, 0.25) is 5.75 Å². The average molecular weight is 308 g/mol. The maximum absolute atomic E-state index is 13.2. The topological polar surface area (TPSA) is 94.6 Å². The number of hydrogen-bond donors (Lipinski definition) is 1. The molecule has 2 rings (SSSR count). The van der Waals surface area contributed by atoms with Gasteiger partial charge in [-0.15, -0.1) is 0 Å². The van der Waals surface area contributed by atoms with E-state index in [-0.39, 0.29) is 12.3 Å². The molecule has 0 fully saturated rings. The number of furan rings is 1. The van der Waals surface area contributed by atoms with Gasteiger partial charge in [0.15, 0.2) is 6.10 Å². The number of amides is 1. The molecule has 7 nitrogen and oxygen atoms in total. The number of nitrogens with zero attached hydrogens (tertiary/aromatic N) is 1. The Hall–Kier alpha value is -2.90. The molecule has 0 unspecified atom stereocenters. The normalized spacial score (nSPS) is 11.7. The van der Waals surface area contributed by atoms with Gasteiger partial charge in [-0.25, -0.2) is 4.39 Å². The van der Waals surface area contributed by atoms with Crippen molar-refractivity contribution in [3.05, 3.63) is 58.3 Å². The SMILES string of the molecule is C[C@@H](Oc1cc(F)ccc1[N+](=O)[O-])C(=O)NCc1ccco1. The summed E-state index contributed by atoms with van der Waals surface area (Å²) in [4.78, 5) is 22.0. The van der Waals surface area contributed by atoms with Crippen LogP contribution in [-0.2, 0) is 11.3 Å². The lowest BCUT2D eigenvalue weighted by Gasteiger charge is -2.14. The molecule has 0 spiro atoms. The zero-order valence-electron chi connectivity index (χ0n) is 11.6. The van der Waals surface area contributed by atoms with Crippen molar-refractivity contribution in [1.82, 2.24) is 5.32 Å². The van der Waals surface area contributed by atoms with Crippen molar-refractivity contribution in [2.24, 2.45) is 0 Å². The minimum atomic E-state index is -1.03. The third kappa shape index (κ3) is 3.81. The Bertz CT molecular complexity index is 672. The second kappa shape index (κ2) is 6.70. The van der Waals surface area contributed by atoms with Gasteiger partial charge in [-0.05, 0) is 25.1 Å². The summed E-state index contributed by atoms with van der Waals surface area (Å²) in [6, 6.07) is 6.17. The van der Waals surface area contributed by atoms with E-state index in [0.717, 1.165) is 18.2 Å². The van der Waals surface area contributed by atoms with Crippen molar-refractivity contribution in [2.45, 2.75) is 19.6 Å². The van der Waals surface area contributed by atoms with Crippen LogP contribution in [0.4, 0.5) is 10.1 Å². The highest BCUT2D eigenvalue weighted by Crippen LogP contribution is 2.28. The Morgan fingerprint density at radius 1 is 1.50 bits per heavy atom. The summed E-state index contributed by atoms with van der Waals surface area (Å²) in [5.41, 5.74) is -0.410. The van der Waals surface area contributed by atoms with E-state index in [9.17, 15) is 19.3 Å². The zero-order valence-corrected chi connectivity index (χ0v) is 11.6. The maximum atomic E-state index is 13.2. The van der Waals surface area contributed by atoms with Gasteiger partial charge in [0.1, 0.15) is 11.6 Å². The molecule has 1 aromatic heterocycles. The molecule has 1 aromatic carbocycles. The first-order valence-electron chi connectivity index (χ1n) is 6.38. The summed E-state index contributed by atoms with van der Waals surface area (Å²) in [5.74, 6) is -0.943. The molecule has 0 aliphatic carbocycles. The largest absolute Gasteiger partial charge is 0.474 e. The molecule has 8 heteroatoms. The molecule has 0 saturated heterocycles. The molecule has 1 amide bonds. The first kappa shape index (κ1) is 15.5. The van der Waals surface area contributed by atoms with Gasteiger partial charge in [0, 0.05) is 12.1 Å². The van der Waals surface area contributed by atoms with Gasteiger partial charge in [0.25, 0.3) is 5.91 Å². The van der Waals surface area contributed by atoms with E-state index in [1.807, 2.05) is 0 Å². The highest BCUT2D eigenvalue weighted by atomic mass is 19.1. The number of carbonyl (C=O) groups excluding carboxylic acids is 1. The molecule has 0 aliphatic heterocycles. The lowest BCUT2D eigenvalue weighted by atomic mass is 10.2. The van der Waals surface area contributed by atoms with E-state index in [4.69, 9.17) is 9.15 Å². The maximum Gasteiger partial charge on any atom is 0.311 e. The van der Waals surface area contributed by atoms with Gasteiger partial charge in [-0.1, -0.05) is 0 Å². The number of hydrogen-bond acceptors (Lipinski definition) is 5. The van der Waals surface area contributed by atoms with E-state index < -0.39 is 28.4 Å². The second-order valence-corrected chi connectivity index (χ2v) is 4.43. The van der Waals surface area contributed by atoms with Gasteiger partial charge in [-0.2, -0.15) is 0 Å². The molecule has 2 aromatic rings. The molecule has 22 heavy (non-hydrogen) atoms. The third-order valence-corrected chi connectivity index (χ3v) is 2.81. The standard InChI is InChI=1S/C14H13FN2O5/c1-9(14(18)16-8-11-3-2-6-21-11)22-13-7-10(15)4-5-12(13)17(19)20/h2-7,9H,8H2,1H3,(H,16,18)/t9-/m1/s1. The van der Waals surface area contributed by atoms with Crippen LogP contribution in [0.5, 0.6) is 5.75 Å². The summed E-state index contributed by atoms with van der Waals surface area (Å²) in [7, 11) is 0. The molecule has 1 N–H and O–H groups in total. The van der Waals surface area contributed by atoms with Crippen LogP contribution < -0.4 is 10.1 Å². The first-order valence-corrected chi connectivity index (χ1v) is 6.38. The Balaban J connectivity index is 2.01. The van der Waals surface area contributed by atoms with Crippen molar-refractivity contribution >= 4 is 11.6 Å². The van der Waals surface area contributed by atoms with Crippen LogP contribution in [0.3, 0.4) is 0 Å². The van der Waals surface area contributed by atoms with Crippen LogP contribution in [0.15, 0.2) is 41.0 Å². The van der Waals surface area contributed by atoms with Crippen LogP contribution in [0.2, 0.25) is 0 Å². The predicted molar refractivity (Wildman–Crippen MR) is 73.7 cm³/mol. The molecule has 1 atom stereocenters. The van der Waals surface area contributed by atoms with Crippen molar-refractivity contribution in [1.29, 1.82) is 0 Å². The monoisotopic (exact) mass is 308 g/mol. The summed E-state index contributed by atoms with van der Waals surface area (Å²) < 4.78 is 23.4. The number of ether oxygens (including phenoxy) is 1. The lowest BCUT2D eigenvalue weighted by molar-refractivity contribution is -0.386. The third-order valence-electron chi connectivity index (χ3n) is 2.81. The summed E-state index contributed by atoms with van der Waals surface area (Å²) in [6.45, 7) is 1.57. The average Bonchev–Trinajstić information content (AvgIpc) is 2.97. The van der Waals surface area contributed by atoms with Crippen LogP contribution in [0, 0.1) is 15.9 Å². The molecule has 0 aliphatic rings. The highest BCUT2D eigenvalue weighted by Gasteiger charge is 2.21. The van der Waals surface area contributed by atoms with Gasteiger partial charge < -0.3 is 14.5 Å². The predicted octanol–water partition coefficient (Wildman–Crippen LogP) is 2.41. The first-order chi connectivity index (χ1) is 10.5. The van der Waals surface area contributed by atoms with E-state index in [0.29, 0.717) is 5.76 Å². The fourth-order valence-electron chi connectivity index (χ4n) is 1.71. The molecular formula is C14H13FN2O5. The Morgan fingerprint density at radius 3 is 2.91 bits per heavy atom. The molecule has 0 saturated carbocycles. The van der Waals surface area contributed by atoms with Crippen molar-refractivity contribution in [3.63, 3.8) is 0 Å². The summed E-state index contributed by atoms with van der Waals surface area (Å²) in [5, 5.41) is 13.4. The number of rotatable bonds is 6. The quantitative estimate of drug-likeness (QED) is 0.653. The number of benzene rings is 1. The van der Waals surface area contributed by atoms with E-state index in [1.165, 1.54) is 13.2 Å². The number of nitrogens with one attached hydrogen (secondary N) is 1. The van der Waals surface area contributed by atoms with E-state index in [2.05, 4.69) is 5.32 Å². The lowest BCUT2D eigenvalue weighted by Crippen LogP contribution is -2.35. The molecular weight excluding hydrogens is 295 g/mol. The molecule has 0 bridgehead atoms. The van der Waals surface area contributed by atoms with Crippen molar-refractivity contribution in [3.8, 4) is 5.75 Å². The molecule has 1 heterocycles.